The number of hydrogen-bond acceptors (Lipinski definition) is 5. The molecule has 0 radical (unpaired) electrons. The Morgan fingerprint density at radius 3 is 2.48 bits per heavy atom. The summed E-state index contributed by atoms with van der Waals surface area (Å²) >= 11 is 0. The molecule has 0 bridgehead atoms. The zero-order valence-corrected chi connectivity index (χ0v) is 13.5. The average Bonchev–Trinajstić information content (AvgIpc) is 2.51. The minimum absolute atomic E-state index is 0.391. The number of ether oxygens (including phenoxy) is 1. The molecule has 5 heteroatoms. The molecule has 0 saturated carbocycles. The van der Waals surface area contributed by atoms with Crippen LogP contribution >= 0.6 is 0 Å². The van der Waals surface area contributed by atoms with Crippen LogP contribution in [0.1, 0.15) is 51.5 Å². The van der Waals surface area contributed by atoms with Crippen molar-refractivity contribution in [2.24, 2.45) is 5.92 Å². The highest BCUT2D eigenvalue weighted by Gasteiger charge is 2.17. The van der Waals surface area contributed by atoms with Gasteiger partial charge in [0.15, 0.2) is 0 Å². The minimum atomic E-state index is 0.391. The Morgan fingerprint density at radius 1 is 1.19 bits per heavy atom. The van der Waals surface area contributed by atoms with E-state index in [4.69, 9.17) is 4.74 Å². The van der Waals surface area contributed by atoms with Crippen molar-refractivity contribution in [1.82, 2.24) is 9.97 Å². The molecule has 2 heterocycles. The Hall–Kier alpha value is -1.36. The van der Waals surface area contributed by atoms with Gasteiger partial charge in [-0.1, -0.05) is 20.8 Å². The first-order valence-corrected chi connectivity index (χ1v) is 8.12. The van der Waals surface area contributed by atoms with E-state index in [0.29, 0.717) is 11.8 Å². The number of hydrogen-bond donors (Lipinski definition) is 2. The van der Waals surface area contributed by atoms with Gasteiger partial charge in [0.2, 0.25) is 0 Å². The fourth-order valence-electron chi connectivity index (χ4n) is 2.66. The number of rotatable bonds is 7. The molecule has 0 atom stereocenters. The lowest BCUT2D eigenvalue weighted by Crippen LogP contribution is -2.23. The fraction of sp³-hybridized carbons (Fsp3) is 0.750. The van der Waals surface area contributed by atoms with Crippen LogP contribution in [0.25, 0.3) is 0 Å². The van der Waals surface area contributed by atoms with Crippen molar-refractivity contribution in [1.29, 1.82) is 0 Å². The Kier molecular flexibility index (Phi) is 6.23. The van der Waals surface area contributed by atoms with E-state index >= 15 is 0 Å². The maximum absolute atomic E-state index is 5.41. The summed E-state index contributed by atoms with van der Waals surface area (Å²) in [5.74, 6) is 3.02. The Morgan fingerprint density at radius 2 is 1.86 bits per heavy atom. The van der Waals surface area contributed by atoms with E-state index in [9.17, 15) is 0 Å². The van der Waals surface area contributed by atoms with E-state index in [2.05, 4.69) is 41.4 Å². The molecule has 0 amide bonds. The van der Waals surface area contributed by atoms with Crippen LogP contribution in [-0.4, -0.2) is 36.3 Å². The van der Waals surface area contributed by atoms with Crippen molar-refractivity contribution < 1.29 is 4.74 Å². The molecular formula is C16H28N4O. The summed E-state index contributed by atoms with van der Waals surface area (Å²) in [5.41, 5.74) is 1.19. The molecule has 118 valence electrons. The van der Waals surface area contributed by atoms with E-state index in [0.717, 1.165) is 57.2 Å². The van der Waals surface area contributed by atoms with Crippen LogP contribution in [0.2, 0.25) is 0 Å². The number of aromatic nitrogens is 2. The van der Waals surface area contributed by atoms with Crippen LogP contribution in [0.3, 0.4) is 0 Å². The van der Waals surface area contributed by atoms with Crippen molar-refractivity contribution in [3.63, 3.8) is 0 Å². The Bertz CT molecular complexity index is 430. The van der Waals surface area contributed by atoms with Crippen LogP contribution in [0, 0.1) is 5.92 Å². The molecule has 21 heavy (non-hydrogen) atoms. The van der Waals surface area contributed by atoms with E-state index in [1.165, 1.54) is 5.56 Å². The summed E-state index contributed by atoms with van der Waals surface area (Å²) in [6, 6.07) is 0. The van der Waals surface area contributed by atoms with Gasteiger partial charge in [0.25, 0.3) is 0 Å². The van der Waals surface area contributed by atoms with Gasteiger partial charge in [-0.3, -0.25) is 0 Å². The molecule has 2 rings (SSSR count). The molecule has 1 aliphatic heterocycles. The van der Waals surface area contributed by atoms with Gasteiger partial charge in [-0.2, -0.15) is 0 Å². The lowest BCUT2D eigenvalue weighted by Gasteiger charge is -2.24. The predicted octanol–water partition coefficient (Wildman–Crippen LogP) is 3.26. The molecule has 2 N–H and O–H groups in total. The quantitative estimate of drug-likeness (QED) is 0.808. The Labute approximate surface area is 127 Å². The molecular weight excluding hydrogens is 264 g/mol. The molecule has 0 aliphatic carbocycles. The van der Waals surface area contributed by atoms with Gasteiger partial charge in [0, 0.05) is 31.9 Å². The second-order valence-corrected chi connectivity index (χ2v) is 6.00. The monoisotopic (exact) mass is 292 g/mol. The first-order valence-electron chi connectivity index (χ1n) is 8.12. The van der Waals surface area contributed by atoms with Crippen molar-refractivity contribution in [2.45, 2.75) is 46.0 Å². The van der Waals surface area contributed by atoms with Crippen LogP contribution in [-0.2, 0) is 4.74 Å². The van der Waals surface area contributed by atoms with Gasteiger partial charge < -0.3 is 15.4 Å². The molecule has 5 nitrogen and oxygen atoms in total. The first kappa shape index (κ1) is 16.0. The van der Waals surface area contributed by atoms with E-state index in [-0.39, 0.29) is 0 Å². The number of nitrogens with one attached hydrogen (secondary N) is 2. The van der Waals surface area contributed by atoms with Crippen LogP contribution in [0.5, 0.6) is 0 Å². The third-order valence-corrected chi connectivity index (χ3v) is 3.90. The summed E-state index contributed by atoms with van der Waals surface area (Å²) in [4.78, 5) is 8.87. The summed E-state index contributed by atoms with van der Waals surface area (Å²) in [7, 11) is 0. The van der Waals surface area contributed by atoms with Gasteiger partial charge in [0.05, 0.1) is 0 Å². The van der Waals surface area contributed by atoms with Crippen molar-refractivity contribution >= 4 is 11.6 Å². The minimum Gasteiger partial charge on any atom is -0.381 e. The van der Waals surface area contributed by atoms with E-state index in [1.807, 2.05) is 0 Å². The molecule has 1 saturated heterocycles. The Balaban J connectivity index is 2.06. The van der Waals surface area contributed by atoms with Gasteiger partial charge in [-0.25, -0.2) is 9.97 Å². The van der Waals surface area contributed by atoms with Gasteiger partial charge in [-0.15, -0.1) is 0 Å². The largest absolute Gasteiger partial charge is 0.381 e. The van der Waals surface area contributed by atoms with E-state index < -0.39 is 0 Å². The topological polar surface area (TPSA) is 59.1 Å². The van der Waals surface area contributed by atoms with Crippen LogP contribution < -0.4 is 10.6 Å². The van der Waals surface area contributed by atoms with Gasteiger partial charge in [0.1, 0.15) is 18.0 Å². The third kappa shape index (κ3) is 4.56. The highest BCUT2D eigenvalue weighted by atomic mass is 16.5. The maximum atomic E-state index is 5.41. The fourth-order valence-corrected chi connectivity index (χ4v) is 2.66. The molecule has 0 unspecified atom stereocenters. The van der Waals surface area contributed by atoms with Crippen molar-refractivity contribution in [3.05, 3.63) is 11.9 Å². The molecule has 1 aliphatic rings. The summed E-state index contributed by atoms with van der Waals surface area (Å²) in [6.07, 6.45) is 5.01. The first-order chi connectivity index (χ1) is 10.2. The summed E-state index contributed by atoms with van der Waals surface area (Å²) < 4.78 is 5.41. The standard InChI is InChI=1S/C16H28N4O/c1-4-7-17-15-14(12(2)3)16(20-11-19-15)18-10-13-5-8-21-9-6-13/h11-13H,4-10H2,1-3H3,(H2,17,18,19,20). The third-order valence-electron chi connectivity index (χ3n) is 3.90. The highest BCUT2D eigenvalue weighted by Crippen LogP contribution is 2.28. The second kappa shape index (κ2) is 8.17. The molecule has 1 fully saturated rings. The van der Waals surface area contributed by atoms with E-state index in [1.54, 1.807) is 6.33 Å². The average molecular weight is 292 g/mol. The lowest BCUT2D eigenvalue weighted by atomic mass is 9.99. The molecule has 1 aromatic rings. The zero-order chi connectivity index (χ0) is 15.1. The number of nitrogens with zero attached hydrogens (tertiary/aromatic N) is 2. The van der Waals surface area contributed by atoms with Crippen molar-refractivity contribution in [2.75, 3.05) is 36.9 Å². The number of anilines is 2. The van der Waals surface area contributed by atoms with Crippen molar-refractivity contribution in [3.8, 4) is 0 Å². The van der Waals surface area contributed by atoms with Gasteiger partial charge in [-0.05, 0) is 31.1 Å². The summed E-state index contributed by atoms with van der Waals surface area (Å²) in [6.45, 7) is 10.2. The van der Waals surface area contributed by atoms with Crippen LogP contribution in [0.15, 0.2) is 6.33 Å². The predicted molar refractivity (Wildman–Crippen MR) is 86.9 cm³/mol. The molecule has 1 aromatic heterocycles. The maximum Gasteiger partial charge on any atom is 0.134 e. The van der Waals surface area contributed by atoms with Gasteiger partial charge >= 0.3 is 0 Å². The van der Waals surface area contributed by atoms with Crippen LogP contribution in [0.4, 0.5) is 11.6 Å². The summed E-state index contributed by atoms with van der Waals surface area (Å²) in [5, 5.41) is 6.95. The normalized spacial score (nSPS) is 16.2. The second-order valence-electron chi connectivity index (χ2n) is 6.00. The lowest BCUT2D eigenvalue weighted by molar-refractivity contribution is 0.0699. The molecule has 0 spiro atoms. The smallest absolute Gasteiger partial charge is 0.134 e. The highest BCUT2D eigenvalue weighted by molar-refractivity contribution is 5.59. The molecule has 0 aromatic carbocycles. The zero-order valence-electron chi connectivity index (χ0n) is 13.5. The SMILES string of the molecule is CCCNc1ncnc(NCC2CCOCC2)c1C(C)C.